The molecule has 14 heavy (non-hydrogen) atoms. The topological polar surface area (TPSA) is 50.7 Å². The van der Waals surface area contributed by atoms with Crippen molar-refractivity contribution < 1.29 is 14.6 Å². The molecule has 2 N–H and O–H groups in total. The molecule has 4 nitrogen and oxygen atoms in total. The molecule has 0 aromatic heterocycles. The molecule has 2 atom stereocenters. The zero-order valence-corrected chi connectivity index (χ0v) is 9.45. The minimum atomic E-state index is -0.417. The van der Waals surface area contributed by atoms with E-state index in [1.54, 1.807) is 7.11 Å². The van der Waals surface area contributed by atoms with Crippen molar-refractivity contribution >= 4 is 0 Å². The minimum absolute atomic E-state index is 0.367. The third kappa shape index (κ3) is 8.44. The van der Waals surface area contributed by atoms with Crippen molar-refractivity contribution in [1.29, 1.82) is 0 Å². The molecule has 0 aliphatic heterocycles. The molecule has 0 radical (unpaired) electrons. The van der Waals surface area contributed by atoms with Gasteiger partial charge in [0.15, 0.2) is 0 Å². The van der Waals surface area contributed by atoms with Crippen LogP contribution in [0.15, 0.2) is 0 Å². The summed E-state index contributed by atoms with van der Waals surface area (Å²) in [5.41, 5.74) is 0. The summed E-state index contributed by atoms with van der Waals surface area (Å²) in [4.78, 5) is 0. The van der Waals surface area contributed by atoms with Gasteiger partial charge in [-0.1, -0.05) is 0 Å². The highest BCUT2D eigenvalue weighted by Crippen LogP contribution is 1.92. The van der Waals surface area contributed by atoms with Crippen LogP contribution in [0, 0.1) is 0 Å². The molecule has 0 rings (SSSR count). The molecule has 0 aliphatic carbocycles. The van der Waals surface area contributed by atoms with Crippen LogP contribution in [-0.4, -0.2) is 50.7 Å². The molecule has 0 fully saturated rings. The van der Waals surface area contributed by atoms with E-state index >= 15 is 0 Å². The first-order valence-corrected chi connectivity index (χ1v) is 5.18. The minimum Gasteiger partial charge on any atom is -0.389 e. The molecule has 2 unspecified atom stereocenters. The van der Waals surface area contributed by atoms with Crippen LogP contribution < -0.4 is 5.32 Å². The summed E-state index contributed by atoms with van der Waals surface area (Å²) in [6.45, 7) is 6.37. The standard InChI is InChI=1S/C10H23NO3/c1-4-14-8-10(12)7-11-9(2)5-6-13-3/h9-12H,4-8H2,1-3H3. The average molecular weight is 205 g/mol. The van der Waals surface area contributed by atoms with Gasteiger partial charge in [-0.3, -0.25) is 0 Å². The molecule has 0 bridgehead atoms. The van der Waals surface area contributed by atoms with Crippen LogP contribution in [-0.2, 0) is 9.47 Å². The van der Waals surface area contributed by atoms with Crippen molar-refractivity contribution in [1.82, 2.24) is 5.32 Å². The van der Waals surface area contributed by atoms with Crippen LogP contribution in [0.3, 0.4) is 0 Å². The average Bonchev–Trinajstić information content (AvgIpc) is 2.20. The number of hydrogen-bond acceptors (Lipinski definition) is 4. The van der Waals surface area contributed by atoms with Gasteiger partial charge in [0.2, 0.25) is 0 Å². The summed E-state index contributed by atoms with van der Waals surface area (Å²) in [6.07, 6.45) is 0.539. The summed E-state index contributed by atoms with van der Waals surface area (Å²) in [5, 5.41) is 12.7. The van der Waals surface area contributed by atoms with E-state index in [-0.39, 0.29) is 0 Å². The van der Waals surface area contributed by atoms with Crippen molar-refractivity contribution in [2.24, 2.45) is 0 Å². The maximum atomic E-state index is 9.44. The normalized spacial score (nSPS) is 15.4. The first kappa shape index (κ1) is 13.8. The number of nitrogens with one attached hydrogen (secondary N) is 1. The van der Waals surface area contributed by atoms with Crippen LogP contribution >= 0.6 is 0 Å². The number of aliphatic hydroxyl groups is 1. The van der Waals surface area contributed by atoms with E-state index in [0.717, 1.165) is 13.0 Å². The molecule has 0 aromatic carbocycles. The first-order valence-electron chi connectivity index (χ1n) is 5.18. The van der Waals surface area contributed by atoms with E-state index in [1.165, 1.54) is 0 Å². The van der Waals surface area contributed by atoms with E-state index in [1.807, 2.05) is 6.92 Å². The number of hydrogen-bond donors (Lipinski definition) is 2. The van der Waals surface area contributed by atoms with E-state index in [0.29, 0.717) is 25.8 Å². The Morgan fingerprint density at radius 1 is 1.43 bits per heavy atom. The van der Waals surface area contributed by atoms with Crippen molar-refractivity contribution in [3.63, 3.8) is 0 Å². The van der Waals surface area contributed by atoms with Gasteiger partial charge in [0.05, 0.1) is 12.7 Å². The Morgan fingerprint density at radius 3 is 2.71 bits per heavy atom. The third-order valence-corrected chi connectivity index (χ3v) is 1.97. The Balaban J connectivity index is 3.31. The van der Waals surface area contributed by atoms with Crippen LogP contribution in [0.2, 0.25) is 0 Å². The predicted molar refractivity (Wildman–Crippen MR) is 56.5 cm³/mol. The lowest BCUT2D eigenvalue weighted by atomic mass is 10.2. The zero-order chi connectivity index (χ0) is 10.8. The van der Waals surface area contributed by atoms with Gasteiger partial charge >= 0.3 is 0 Å². The third-order valence-electron chi connectivity index (χ3n) is 1.97. The molecule has 4 heteroatoms. The molecule has 86 valence electrons. The SMILES string of the molecule is CCOCC(O)CNC(C)CCOC. The molecule has 0 saturated carbocycles. The van der Waals surface area contributed by atoms with Gasteiger partial charge < -0.3 is 19.9 Å². The fourth-order valence-corrected chi connectivity index (χ4v) is 1.05. The second-order valence-electron chi connectivity index (χ2n) is 3.40. The molecule has 0 heterocycles. The van der Waals surface area contributed by atoms with Crippen LogP contribution in [0.25, 0.3) is 0 Å². The lowest BCUT2D eigenvalue weighted by Gasteiger charge is -2.16. The smallest absolute Gasteiger partial charge is 0.0897 e. The maximum Gasteiger partial charge on any atom is 0.0897 e. The molecule has 0 amide bonds. The van der Waals surface area contributed by atoms with E-state index in [9.17, 15) is 5.11 Å². The highest BCUT2D eigenvalue weighted by atomic mass is 16.5. The Kier molecular flexibility index (Phi) is 9.29. The summed E-state index contributed by atoms with van der Waals surface area (Å²) in [7, 11) is 1.69. The number of aliphatic hydroxyl groups excluding tert-OH is 1. The van der Waals surface area contributed by atoms with Crippen molar-refractivity contribution in [3.05, 3.63) is 0 Å². The summed E-state index contributed by atoms with van der Waals surface area (Å²) >= 11 is 0. The van der Waals surface area contributed by atoms with E-state index in [2.05, 4.69) is 12.2 Å². The van der Waals surface area contributed by atoms with Crippen LogP contribution in [0.1, 0.15) is 20.3 Å². The Labute approximate surface area is 86.6 Å². The quantitative estimate of drug-likeness (QED) is 0.572. The highest BCUT2D eigenvalue weighted by molar-refractivity contribution is 4.64. The van der Waals surface area contributed by atoms with Gasteiger partial charge in [-0.25, -0.2) is 0 Å². The van der Waals surface area contributed by atoms with Crippen LogP contribution in [0.5, 0.6) is 0 Å². The van der Waals surface area contributed by atoms with Gasteiger partial charge in [-0.15, -0.1) is 0 Å². The molecule has 0 saturated heterocycles. The van der Waals surface area contributed by atoms with Gasteiger partial charge in [0.1, 0.15) is 0 Å². The van der Waals surface area contributed by atoms with E-state index < -0.39 is 6.10 Å². The van der Waals surface area contributed by atoms with Crippen molar-refractivity contribution in [3.8, 4) is 0 Å². The summed E-state index contributed by atoms with van der Waals surface area (Å²) in [5.74, 6) is 0. The van der Waals surface area contributed by atoms with Gasteiger partial charge in [-0.05, 0) is 20.3 Å². The molecular formula is C10H23NO3. The molecule has 0 aliphatic rings. The second kappa shape index (κ2) is 9.40. The first-order chi connectivity index (χ1) is 6.70. The zero-order valence-electron chi connectivity index (χ0n) is 9.45. The van der Waals surface area contributed by atoms with Gasteiger partial charge in [-0.2, -0.15) is 0 Å². The molecule has 0 aromatic rings. The Morgan fingerprint density at radius 2 is 2.14 bits per heavy atom. The molecular weight excluding hydrogens is 182 g/mol. The highest BCUT2D eigenvalue weighted by Gasteiger charge is 2.06. The van der Waals surface area contributed by atoms with Crippen molar-refractivity contribution in [2.75, 3.05) is 33.5 Å². The van der Waals surface area contributed by atoms with Gasteiger partial charge in [0.25, 0.3) is 0 Å². The number of rotatable bonds is 9. The Hall–Kier alpha value is -0.160. The van der Waals surface area contributed by atoms with E-state index in [4.69, 9.17) is 9.47 Å². The lowest BCUT2D eigenvalue weighted by Crippen LogP contribution is -2.36. The number of methoxy groups -OCH3 is 1. The summed E-state index contributed by atoms with van der Waals surface area (Å²) < 4.78 is 10.1. The largest absolute Gasteiger partial charge is 0.389 e. The lowest BCUT2D eigenvalue weighted by molar-refractivity contribution is 0.0410. The second-order valence-corrected chi connectivity index (χ2v) is 3.40. The van der Waals surface area contributed by atoms with Crippen LogP contribution in [0.4, 0.5) is 0 Å². The fraction of sp³-hybridized carbons (Fsp3) is 1.00. The van der Waals surface area contributed by atoms with Crippen molar-refractivity contribution in [2.45, 2.75) is 32.4 Å². The maximum absolute atomic E-state index is 9.44. The van der Waals surface area contributed by atoms with Gasteiger partial charge in [0, 0.05) is 32.9 Å². The predicted octanol–water partition coefficient (Wildman–Crippen LogP) is 0.398. The summed E-state index contributed by atoms with van der Waals surface area (Å²) in [6, 6.07) is 0.367. The fourth-order valence-electron chi connectivity index (χ4n) is 1.05. The monoisotopic (exact) mass is 205 g/mol. The Bertz CT molecular complexity index is 108. The number of ether oxygens (including phenoxy) is 2. The molecule has 0 spiro atoms.